The highest BCUT2D eigenvalue weighted by molar-refractivity contribution is 6.18. The molecule has 0 aliphatic carbocycles. The maximum Gasteiger partial charge on any atom is 0.330 e. The molecule has 2 heterocycles. The summed E-state index contributed by atoms with van der Waals surface area (Å²) >= 11 is 11.5. The minimum Gasteiger partial charge on any atom is -0.394 e. The lowest BCUT2D eigenvalue weighted by molar-refractivity contribution is -0.252. The first-order chi connectivity index (χ1) is 12.3. The van der Waals surface area contributed by atoms with Crippen molar-refractivity contribution in [3.8, 4) is 0 Å². The van der Waals surface area contributed by atoms with Crippen LogP contribution in [0, 0.1) is 0 Å². The predicted octanol–water partition coefficient (Wildman–Crippen LogP) is -2.21. The topological polar surface area (TPSA) is 148 Å². The molecule has 2 rings (SSSR count). The van der Waals surface area contributed by atoms with E-state index in [0.29, 0.717) is 0 Å². The number of aliphatic hydroxyl groups is 4. The monoisotopic (exact) mass is 413 g/mol. The van der Waals surface area contributed by atoms with Gasteiger partial charge in [-0.05, 0) is 0 Å². The molecule has 0 bridgehead atoms. The molecule has 1 aromatic rings. The molecule has 1 aromatic heterocycles. The zero-order valence-electron chi connectivity index (χ0n) is 13.7. The summed E-state index contributed by atoms with van der Waals surface area (Å²) in [4.78, 5) is 28.0. The number of hydrogen-bond donors (Lipinski definition) is 5. The van der Waals surface area contributed by atoms with Gasteiger partial charge >= 0.3 is 5.69 Å². The fraction of sp³-hybridized carbons (Fsp3) is 0.714. The third-order valence-electron chi connectivity index (χ3n) is 4.14. The lowest BCUT2D eigenvalue weighted by atomic mass is 9.98. The van der Waals surface area contributed by atoms with E-state index < -0.39 is 48.5 Å². The molecule has 5 unspecified atom stereocenters. The van der Waals surface area contributed by atoms with E-state index in [9.17, 15) is 30.0 Å². The fourth-order valence-electron chi connectivity index (χ4n) is 2.76. The number of anilines is 1. The molecule has 5 atom stereocenters. The van der Waals surface area contributed by atoms with Gasteiger partial charge < -0.3 is 30.1 Å². The Balaban J connectivity index is 2.47. The van der Waals surface area contributed by atoms with E-state index in [1.807, 2.05) is 0 Å². The number of hydrogen-bond acceptors (Lipinski definition) is 8. The maximum absolute atomic E-state index is 12.2. The first-order valence-electron chi connectivity index (χ1n) is 7.88. The number of halogens is 2. The summed E-state index contributed by atoms with van der Waals surface area (Å²) in [5.41, 5.74) is -1.49. The average molecular weight is 414 g/mol. The van der Waals surface area contributed by atoms with E-state index in [4.69, 9.17) is 27.9 Å². The summed E-state index contributed by atoms with van der Waals surface area (Å²) in [6.45, 7) is -0.0779. The van der Waals surface area contributed by atoms with Gasteiger partial charge in [-0.3, -0.25) is 14.3 Å². The van der Waals surface area contributed by atoms with Gasteiger partial charge in [0.05, 0.1) is 6.61 Å². The van der Waals surface area contributed by atoms with Crippen LogP contribution in [0.5, 0.6) is 0 Å². The lowest BCUT2D eigenvalue weighted by Gasteiger charge is -2.40. The Morgan fingerprint density at radius 3 is 2.27 bits per heavy atom. The number of nitrogens with zero attached hydrogens (tertiary/aromatic N) is 2. The second-order valence-corrected chi connectivity index (χ2v) is 6.52. The van der Waals surface area contributed by atoms with Crippen LogP contribution < -0.4 is 16.1 Å². The number of nitrogens with one attached hydrogen (secondary N) is 1. The summed E-state index contributed by atoms with van der Waals surface area (Å²) in [6, 6.07) is 0. The van der Waals surface area contributed by atoms with Crippen LogP contribution >= 0.6 is 23.2 Å². The second kappa shape index (κ2) is 9.18. The van der Waals surface area contributed by atoms with Crippen LogP contribution in [0.2, 0.25) is 0 Å². The number of aliphatic hydroxyl groups excluding tert-OH is 4. The molecule has 1 fully saturated rings. The molecule has 0 aromatic carbocycles. The molecule has 148 valence electrons. The molecule has 1 aliphatic rings. The standard InChI is InChI=1S/C14H21Cl2N3O7/c15-1-3-18(4-2-16)7-5-19(14(25)17-12(7)24)13-11(23)10(22)9(21)8(6-20)26-13/h5,8-11,13,20-23H,1-4,6H2,(H,17,24,25). The second-order valence-electron chi connectivity index (χ2n) is 5.77. The van der Waals surface area contributed by atoms with Gasteiger partial charge in [-0.25, -0.2) is 4.79 Å². The van der Waals surface area contributed by atoms with Crippen molar-refractivity contribution in [1.82, 2.24) is 9.55 Å². The van der Waals surface area contributed by atoms with E-state index in [-0.39, 0.29) is 30.5 Å². The normalized spacial score (nSPS) is 28.9. The SMILES string of the molecule is O=c1[nH]c(=O)n(C2OC(CO)C(O)C(O)C2O)cc1N(CCCl)CCCl. The Labute approximate surface area is 158 Å². The Bertz CT molecular complexity index is 705. The van der Waals surface area contributed by atoms with Gasteiger partial charge in [-0.15, -0.1) is 23.2 Å². The first kappa shape index (κ1) is 21.2. The highest BCUT2D eigenvalue weighted by Crippen LogP contribution is 2.27. The minimum atomic E-state index is -1.67. The van der Waals surface area contributed by atoms with Crippen molar-refractivity contribution >= 4 is 28.9 Å². The van der Waals surface area contributed by atoms with Crippen LogP contribution in [0.4, 0.5) is 5.69 Å². The van der Waals surface area contributed by atoms with E-state index in [0.717, 1.165) is 10.8 Å². The van der Waals surface area contributed by atoms with Crippen molar-refractivity contribution in [3.63, 3.8) is 0 Å². The van der Waals surface area contributed by atoms with Crippen LogP contribution in [0.3, 0.4) is 0 Å². The number of ether oxygens (including phenoxy) is 1. The molecule has 1 aliphatic heterocycles. The number of alkyl halides is 2. The van der Waals surface area contributed by atoms with Gasteiger partial charge in [0.25, 0.3) is 5.56 Å². The van der Waals surface area contributed by atoms with Crippen molar-refractivity contribution in [3.05, 3.63) is 27.0 Å². The third-order valence-corrected chi connectivity index (χ3v) is 4.48. The summed E-state index contributed by atoms with van der Waals surface area (Å²) in [6.07, 6.45) is -6.35. The molecule has 5 N–H and O–H groups in total. The van der Waals surface area contributed by atoms with Gasteiger partial charge in [0, 0.05) is 31.0 Å². The molecular weight excluding hydrogens is 393 g/mol. The molecule has 26 heavy (non-hydrogen) atoms. The fourth-order valence-corrected chi connectivity index (χ4v) is 3.17. The van der Waals surface area contributed by atoms with Crippen molar-refractivity contribution in [2.24, 2.45) is 0 Å². The van der Waals surface area contributed by atoms with Gasteiger partial charge in [0.15, 0.2) is 6.23 Å². The number of H-pyrrole nitrogens is 1. The van der Waals surface area contributed by atoms with Crippen LogP contribution in [-0.2, 0) is 4.74 Å². The summed E-state index contributed by atoms with van der Waals surface area (Å²) in [7, 11) is 0. The van der Waals surface area contributed by atoms with Gasteiger partial charge in [0.1, 0.15) is 30.1 Å². The zero-order chi connectivity index (χ0) is 19.4. The van der Waals surface area contributed by atoms with Crippen LogP contribution in [0.1, 0.15) is 6.23 Å². The first-order valence-corrected chi connectivity index (χ1v) is 8.95. The highest BCUT2D eigenvalue weighted by atomic mass is 35.5. The molecule has 0 saturated carbocycles. The highest BCUT2D eigenvalue weighted by Gasteiger charge is 2.44. The van der Waals surface area contributed by atoms with Crippen molar-refractivity contribution in [2.45, 2.75) is 30.6 Å². The van der Waals surface area contributed by atoms with Crippen molar-refractivity contribution in [1.29, 1.82) is 0 Å². The van der Waals surface area contributed by atoms with Crippen LogP contribution in [-0.4, -0.2) is 85.8 Å². The molecule has 10 nitrogen and oxygen atoms in total. The van der Waals surface area contributed by atoms with Gasteiger partial charge in [-0.2, -0.15) is 0 Å². The molecule has 0 amide bonds. The number of aromatic amines is 1. The van der Waals surface area contributed by atoms with E-state index in [1.165, 1.54) is 0 Å². The van der Waals surface area contributed by atoms with E-state index >= 15 is 0 Å². The minimum absolute atomic E-state index is 0.0721. The third kappa shape index (κ3) is 4.22. The Morgan fingerprint density at radius 2 is 1.73 bits per heavy atom. The summed E-state index contributed by atoms with van der Waals surface area (Å²) < 4.78 is 6.24. The van der Waals surface area contributed by atoms with Crippen LogP contribution in [0.25, 0.3) is 0 Å². The quantitative estimate of drug-likeness (QED) is 0.316. The van der Waals surface area contributed by atoms with Crippen molar-refractivity contribution < 1.29 is 25.2 Å². The Hall–Kier alpha value is -1.14. The van der Waals surface area contributed by atoms with Gasteiger partial charge in [-0.1, -0.05) is 0 Å². The molecule has 12 heteroatoms. The Kier molecular flexibility index (Phi) is 7.47. The van der Waals surface area contributed by atoms with E-state index in [1.54, 1.807) is 4.90 Å². The maximum atomic E-state index is 12.2. The smallest absolute Gasteiger partial charge is 0.330 e. The zero-order valence-corrected chi connectivity index (χ0v) is 15.2. The molecule has 0 spiro atoms. The lowest BCUT2D eigenvalue weighted by Crippen LogP contribution is -2.58. The Morgan fingerprint density at radius 1 is 1.12 bits per heavy atom. The van der Waals surface area contributed by atoms with E-state index in [2.05, 4.69) is 4.98 Å². The van der Waals surface area contributed by atoms with Crippen molar-refractivity contribution in [2.75, 3.05) is 36.4 Å². The molecule has 0 radical (unpaired) electrons. The summed E-state index contributed by atoms with van der Waals surface area (Å²) in [5.74, 6) is 0.408. The molecular formula is C14H21Cl2N3O7. The largest absolute Gasteiger partial charge is 0.394 e. The predicted molar refractivity (Wildman–Crippen MR) is 94.0 cm³/mol. The molecule has 1 saturated heterocycles. The number of aromatic nitrogens is 2. The summed E-state index contributed by atoms with van der Waals surface area (Å²) in [5, 5.41) is 39.2. The van der Waals surface area contributed by atoms with Gasteiger partial charge in [0.2, 0.25) is 0 Å². The number of rotatable bonds is 7. The average Bonchev–Trinajstić information content (AvgIpc) is 2.61. The van der Waals surface area contributed by atoms with Crippen LogP contribution in [0.15, 0.2) is 15.8 Å².